The van der Waals surface area contributed by atoms with E-state index in [1.54, 1.807) is 10.9 Å². The Labute approximate surface area is 169 Å². The lowest BCUT2D eigenvalue weighted by molar-refractivity contribution is 0.665. The number of benzene rings is 2. The van der Waals surface area contributed by atoms with Gasteiger partial charge in [-0.1, -0.05) is 41.9 Å². The third kappa shape index (κ3) is 2.91. The molecule has 3 heterocycles. The van der Waals surface area contributed by atoms with E-state index in [1.807, 2.05) is 48.7 Å². The number of aromatic amines is 1. The van der Waals surface area contributed by atoms with Crippen molar-refractivity contribution in [2.45, 2.75) is 13.0 Å². The van der Waals surface area contributed by atoms with E-state index in [1.165, 1.54) is 22.5 Å². The number of H-pyrrole nitrogens is 1. The zero-order chi connectivity index (χ0) is 19.1. The monoisotopic (exact) mass is 406 g/mol. The molecule has 0 bridgehead atoms. The van der Waals surface area contributed by atoms with Crippen molar-refractivity contribution in [2.75, 3.05) is 0 Å². The van der Waals surface area contributed by atoms with Gasteiger partial charge in [0, 0.05) is 34.2 Å². The molecule has 28 heavy (non-hydrogen) atoms. The Morgan fingerprint density at radius 1 is 1.11 bits per heavy atom. The molecule has 0 radical (unpaired) electrons. The number of nitrogens with one attached hydrogen (secondary N) is 1. The maximum absolute atomic E-state index is 12.9. The molecule has 5 aromatic rings. The number of nitrogens with zero attached hydrogens (tertiary/aromatic N) is 3. The fourth-order valence-electron chi connectivity index (χ4n) is 3.39. The second-order valence-electron chi connectivity index (χ2n) is 6.57. The van der Waals surface area contributed by atoms with Gasteiger partial charge in [0.1, 0.15) is 15.9 Å². The van der Waals surface area contributed by atoms with E-state index in [0.717, 1.165) is 23.2 Å². The summed E-state index contributed by atoms with van der Waals surface area (Å²) in [6, 6.07) is 15.6. The van der Waals surface area contributed by atoms with Crippen molar-refractivity contribution in [1.82, 2.24) is 18.9 Å². The van der Waals surface area contributed by atoms with Gasteiger partial charge in [0.2, 0.25) is 0 Å². The predicted octanol–water partition coefficient (Wildman–Crippen LogP) is 4.90. The van der Waals surface area contributed by atoms with E-state index >= 15 is 0 Å². The first-order chi connectivity index (χ1) is 13.7. The summed E-state index contributed by atoms with van der Waals surface area (Å²) < 4.78 is 6.70. The molecule has 0 saturated heterocycles. The second-order valence-corrected chi connectivity index (χ2v) is 7.78. The van der Waals surface area contributed by atoms with Crippen LogP contribution in [-0.4, -0.2) is 18.9 Å². The van der Waals surface area contributed by atoms with Gasteiger partial charge in [0.15, 0.2) is 0 Å². The molecule has 0 aliphatic heterocycles. The summed E-state index contributed by atoms with van der Waals surface area (Å²) in [5, 5.41) is 1.85. The van der Waals surface area contributed by atoms with Crippen molar-refractivity contribution in [3.63, 3.8) is 0 Å². The van der Waals surface area contributed by atoms with Gasteiger partial charge < -0.3 is 4.98 Å². The molecule has 5 rings (SSSR count). The predicted molar refractivity (Wildman–Crippen MR) is 114 cm³/mol. The SMILES string of the molecule is O=c1c2snc(-c3ccc(Cl)cc3)c2ncn1CCc1c[nH]c2ccccc12. The van der Waals surface area contributed by atoms with Gasteiger partial charge in [0.05, 0.1) is 6.33 Å². The van der Waals surface area contributed by atoms with Crippen molar-refractivity contribution < 1.29 is 0 Å². The van der Waals surface area contributed by atoms with Crippen LogP contribution in [0, 0.1) is 0 Å². The molecule has 0 atom stereocenters. The van der Waals surface area contributed by atoms with Gasteiger partial charge >= 0.3 is 0 Å². The quantitative estimate of drug-likeness (QED) is 0.461. The first kappa shape index (κ1) is 17.2. The lowest BCUT2D eigenvalue weighted by Gasteiger charge is -2.05. The average Bonchev–Trinajstić information content (AvgIpc) is 3.33. The summed E-state index contributed by atoms with van der Waals surface area (Å²) in [5.74, 6) is 0. The highest BCUT2D eigenvalue weighted by Gasteiger charge is 2.14. The normalized spacial score (nSPS) is 11.5. The molecule has 0 aliphatic carbocycles. The van der Waals surface area contributed by atoms with Crippen LogP contribution in [0.1, 0.15) is 5.56 Å². The second kappa shape index (κ2) is 6.89. The Balaban J connectivity index is 1.47. The number of rotatable bonds is 4. The zero-order valence-corrected chi connectivity index (χ0v) is 16.3. The summed E-state index contributed by atoms with van der Waals surface area (Å²) in [7, 11) is 0. The molecule has 0 fully saturated rings. The topological polar surface area (TPSA) is 63.6 Å². The maximum Gasteiger partial charge on any atom is 0.272 e. The summed E-state index contributed by atoms with van der Waals surface area (Å²) in [6.45, 7) is 0.567. The Hall–Kier alpha value is -2.96. The van der Waals surface area contributed by atoms with Crippen molar-refractivity contribution in [2.24, 2.45) is 0 Å². The Kier molecular flexibility index (Phi) is 4.22. The van der Waals surface area contributed by atoms with Crippen LogP contribution in [0.3, 0.4) is 0 Å². The van der Waals surface area contributed by atoms with Gasteiger partial charge in [-0.05, 0) is 41.7 Å². The molecule has 2 aromatic carbocycles. The Morgan fingerprint density at radius 3 is 2.79 bits per heavy atom. The van der Waals surface area contributed by atoms with Crippen LogP contribution >= 0.6 is 23.1 Å². The van der Waals surface area contributed by atoms with E-state index in [9.17, 15) is 4.79 Å². The fraction of sp³-hybridized carbons (Fsp3) is 0.0952. The van der Waals surface area contributed by atoms with Crippen molar-refractivity contribution >= 4 is 44.3 Å². The molecule has 0 saturated carbocycles. The Bertz CT molecular complexity index is 1350. The molecule has 0 unspecified atom stereocenters. The number of aryl methyl sites for hydroxylation is 2. The van der Waals surface area contributed by atoms with Crippen LogP contribution in [0.5, 0.6) is 0 Å². The molecule has 0 amide bonds. The molecule has 3 aromatic heterocycles. The molecule has 138 valence electrons. The standard InChI is InChI=1S/C21H15ClN4OS/c22-15-7-5-13(6-8-15)18-19-20(28-25-18)21(27)26(12-24-19)10-9-14-11-23-17-4-2-1-3-16(14)17/h1-8,11-12,23H,9-10H2. The molecule has 1 N–H and O–H groups in total. The molecular formula is C21H15ClN4OS. The van der Waals surface area contributed by atoms with Gasteiger partial charge in [-0.2, -0.15) is 4.37 Å². The van der Waals surface area contributed by atoms with Crippen LogP contribution in [0.15, 0.2) is 65.8 Å². The van der Waals surface area contributed by atoms with Gasteiger partial charge in [-0.25, -0.2) is 4.98 Å². The molecule has 0 spiro atoms. The highest BCUT2D eigenvalue weighted by molar-refractivity contribution is 7.13. The van der Waals surface area contributed by atoms with Gasteiger partial charge in [-0.15, -0.1) is 0 Å². The van der Waals surface area contributed by atoms with Crippen LogP contribution < -0.4 is 5.56 Å². The third-order valence-corrected chi connectivity index (χ3v) is 5.94. The van der Waals surface area contributed by atoms with Crippen LogP contribution in [0.25, 0.3) is 32.4 Å². The molecule has 0 aliphatic rings. The van der Waals surface area contributed by atoms with Crippen molar-refractivity contribution in [3.05, 3.63) is 82.0 Å². The van der Waals surface area contributed by atoms with E-state index < -0.39 is 0 Å². The largest absolute Gasteiger partial charge is 0.361 e. The Morgan fingerprint density at radius 2 is 1.93 bits per heavy atom. The van der Waals surface area contributed by atoms with E-state index in [4.69, 9.17) is 11.6 Å². The third-order valence-electron chi connectivity index (χ3n) is 4.86. The number of hydrogen-bond donors (Lipinski definition) is 1. The lowest BCUT2D eigenvalue weighted by atomic mass is 10.1. The number of halogens is 1. The van der Waals surface area contributed by atoms with E-state index in [2.05, 4.69) is 20.4 Å². The first-order valence-corrected chi connectivity index (χ1v) is 10.0. The van der Waals surface area contributed by atoms with E-state index in [-0.39, 0.29) is 5.56 Å². The summed E-state index contributed by atoms with van der Waals surface area (Å²) >= 11 is 7.16. The number of aromatic nitrogens is 4. The fourth-order valence-corrected chi connectivity index (χ4v) is 4.32. The number of hydrogen-bond acceptors (Lipinski definition) is 4. The van der Waals surface area contributed by atoms with Crippen LogP contribution in [0.4, 0.5) is 0 Å². The molecule has 5 nitrogen and oxygen atoms in total. The van der Waals surface area contributed by atoms with Crippen LogP contribution in [0.2, 0.25) is 5.02 Å². The molecule has 7 heteroatoms. The highest BCUT2D eigenvalue weighted by Crippen LogP contribution is 2.28. The minimum Gasteiger partial charge on any atom is -0.361 e. The van der Waals surface area contributed by atoms with Gasteiger partial charge in [0.25, 0.3) is 5.56 Å². The van der Waals surface area contributed by atoms with Crippen LogP contribution in [-0.2, 0) is 13.0 Å². The zero-order valence-electron chi connectivity index (χ0n) is 14.7. The minimum absolute atomic E-state index is 0.0532. The smallest absolute Gasteiger partial charge is 0.272 e. The first-order valence-electron chi connectivity index (χ1n) is 8.86. The summed E-state index contributed by atoms with van der Waals surface area (Å²) in [4.78, 5) is 20.7. The average molecular weight is 407 g/mol. The van der Waals surface area contributed by atoms with Crippen molar-refractivity contribution in [1.29, 1.82) is 0 Å². The maximum atomic E-state index is 12.9. The minimum atomic E-state index is -0.0532. The lowest BCUT2D eigenvalue weighted by Crippen LogP contribution is -2.20. The van der Waals surface area contributed by atoms with E-state index in [0.29, 0.717) is 21.8 Å². The number of para-hydroxylation sites is 1. The number of fused-ring (bicyclic) bond motifs is 2. The van der Waals surface area contributed by atoms with Gasteiger partial charge in [-0.3, -0.25) is 9.36 Å². The van der Waals surface area contributed by atoms with Crippen molar-refractivity contribution in [3.8, 4) is 11.3 Å². The summed E-state index contributed by atoms with van der Waals surface area (Å²) in [5.41, 5.74) is 4.50. The summed E-state index contributed by atoms with van der Waals surface area (Å²) in [6.07, 6.45) is 4.38. The molecular weight excluding hydrogens is 392 g/mol. The highest BCUT2D eigenvalue weighted by atomic mass is 35.5.